The molecular weight excluding hydrogens is 535 g/mol. The average molecular weight is 575 g/mol. The maximum Gasteiger partial charge on any atom is 0.410 e. The molecule has 0 bridgehead atoms. The van der Waals surface area contributed by atoms with Crippen LogP contribution in [0.1, 0.15) is 58.4 Å². The monoisotopic (exact) mass is 574 g/mol. The topological polar surface area (TPSA) is 75.1 Å². The molecule has 2 atom stereocenters. The number of amides is 2. The van der Waals surface area contributed by atoms with Gasteiger partial charge in [0.1, 0.15) is 11.4 Å². The predicted octanol–water partition coefficient (Wildman–Crippen LogP) is 4.29. The van der Waals surface area contributed by atoms with E-state index >= 15 is 0 Å². The highest BCUT2D eigenvalue weighted by atomic mass is 35.5. The summed E-state index contributed by atoms with van der Waals surface area (Å²) in [6.45, 7) is 12.9. The van der Waals surface area contributed by atoms with Gasteiger partial charge in [0.05, 0.1) is 17.9 Å². The fraction of sp³-hybridized carbons (Fsp3) is 0.567. The Kier molecular flexibility index (Phi) is 8.39. The van der Waals surface area contributed by atoms with Crippen molar-refractivity contribution in [1.29, 1.82) is 0 Å². The molecule has 2 amide bonds. The number of benzene rings is 1. The highest BCUT2D eigenvalue weighted by Crippen LogP contribution is 2.40. The van der Waals surface area contributed by atoms with Crippen LogP contribution in [0.15, 0.2) is 35.1 Å². The summed E-state index contributed by atoms with van der Waals surface area (Å²) in [6, 6.07) is 7.53. The van der Waals surface area contributed by atoms with Crippen molar-refractivity contribution < 1.29 is 18.7 Å². The molecule has 1 saturated heterocycles. The molecule has 0 saturated carbocycles. The van der Waals surface area contributed by atoms with Crippen LogP contribution in [0, 0.1) is 5.82 Å². The summed E-state index contributed by atoms with van der Waals surface area (Å²) in [5, 5.41) is 0. The molecule has 10 heteroatoms. The number of hydrogen-bond donors (Lipinski definition) is 0. The van der Waals surface area contributed by atoms with Crippen LogP contribution in [-0.2, 0) is 28.4 Å². The lowest BCUT2D eigenvalue weighted by Crippen LogP contribution is -2.61. The Labute approximate surface area is 240 Å². The minimum absolute atomic E-state index is 0.0914. The van der Waals surface area contributed by atoms with Gasteiger partial charge in [-0.25, -0.2) is 9.18 Å². The molecule has 0 radical (unpaired) electrons. The van der Waals surface area contributed by atoms with Crippen molar-refractivity contribution in [2.24, 2.45) is 7.05 Å². The van der Waals surface area contributed by atoms with E-state index in [1.54, 1.807) is 33.5 Å². The van der Waals surface area contributed by atoms with Crippen LogP contribution in [0.25, 0.3) is 0 Å². The molecule has 8 nitrogen and oxygen atoms in total. The molecular formula is C30H40ClFN4O4. The van der Waals surface area contributed by atoms with Gasteiger partial charge in [0.15, 0.2) is 0 Å². The zero-order valence-corrected chi connectivity index (χ0v) is 25.2. The van der Waals surface area contributed by atoms with Crippen molar-refractivity contribution in [1.82, 2.24) is 14.4 Å². The highest BCUT2D eigenvalue weighted by Gasteiger charge is 2.43. The number of pyridine rings is 1. The van der Waals surface area contributed by atoms with E-state index in [0.29, 0.717) is 31.6 Å². The van der Waals surface area contributed by atoms with Crippen LogP contribution >= 0.6 is 11.6 Å². The number of rotatable bonds is 5. The van der Waals surface area contributed by atoms with E-state index in [2.05, 4.69) is 0 Å². The Bertz CT molecular complexity index is 1330. The quantitative estimate of drug-likeness (QED) is 0.498. The lowest BCUT2D eigenvalue weighted by Gasteiger charge is -2.44. The molecule has 4 rings (SSSR count). The van der Waals surface area contributed by atoms with E-state index in [9.17, 15) is 18.8 Å². The molecule has 1 aromatic heterocycles. The number of halogens is 2. The normalized spacial score (nSPS) is 20.9. The van der Waals surface area contributed by atoms with E-state index in [4.69, 9.17) is 16.3 Å². The lowest BCUT2D eigenvalue weighted by molar-refractivity contribution is -0.121. The van der Waals surface area contributed by atoms with Crippen LogP contribution in [0.5, 0.6) is 0 Å². The Morgan fingerprint density at radius 3 is 2.40 bits per heavy atom. The zero-order valence-electron chi connectivity index (χ0n) is 24.5. The number of hydrogen-bond acceptors (Lipinski definition) is 5. The third-order valence-electron chi connectivity index (χ3n) is 7.66. The number of nitrogens with zero attached hydrogens (tertiary/aromatic N) is 4. The Balaban J connectivity index is 1.57. The largest absolute Gasteiger partial charge is 0.444 e. The number of ether oxygens (including phenoxy) is 1. The van der Waals surface area contributed by atoms with Crippen molar-refractivity contribution in [3.63, 3.8) is 0 Å². The first kappa shape index (κ1) is 30.1. The van der Waals surface area contributed by atoms with E-state index in [0.717, 1.165) is 16.9 Å². The molecule has 0 spiro atoms. The van der Waals surface area contributed by atoms with Gasteiger partial charge in [0.25, 0.3) is 5.56 Å². The third kappa shape index (κ3) is 6.20. The van der Waals surface area contributed by atoms with Gasteiger partial charge in [-0.3, -0.25) is 14.5 Å². The molecule has 3 heterocycles. The maximum atomic E-state index is 13.8. The van der Waals surface area contributed by atoms with Gasteiger partial charge in [-0.1, -0.05) is 26.0 Å². The van der Waals surface area contributed by atoms with Crippen LogP contribution in [-0.4, -0.2) is 76.1 Å². The number of piperazine rings is 1. The van der Waals surface area contributed by atoms with Crippen molar-refractivity contribution in [3.8, 4) is 0 Å². The number of fused-ring (bicyclic) bond motifs is 1. The number of alkyl halides is 1. The Morgan fingerprint density at radius 1 is 1.15 bits per heavy atom. The molecule has 1 fully saturated rings. The van der Waals surface area contributed by atoms with Gasteiger partial charge in [0.2, 0.25) is 5.91 Å². The lowest BCUT2D eigenvalue weighted by atomic mass is 9.90. The number of anilines is 1. The SMILES string of the molecule is C[C@@H]1CN(CC(=O)N2CC(C)(C)c3c2cc(Cc2ccc(F)cc2)c(=O)n3C)[C@@H](CCl)CN1C(=O)OC(C)(C)C. The van der Waals surface area contributed by atoms with Crippen LogP contribution in [0.3, 0.4) is 0 Å². The fourth-order valence-corrected chi connectivity index (χ4v) is 6.09. The first-order chi connectivity index (χ1) is 18.6. The summed E-state index contributed by atoms with van der Waals surface area (Å²) in [5.74, 6) is -0.163. The van der Waals surface area contributed by atoms with Gasteiger partial charge in [-0.15, -0.1) is 11.6 Å². The van der Waals surface area contributed by atoms with Crippen molar-refractivity contribution in [2.45, 2.75) is 71.1 Å². The van der Waals surface area contributed by atoms with Crippen LogP contribution < -0.4 is 10.5 Å². The van der Waals surface area contributed by atoms with E-state index in [1.807, 2.05) is 52.5 Å². The van der Waals surface area contributed by atoms with Gasteiger partial charge >= 0.3 is 6.09 Å². The van der Waals surface area contributed by atoms with Gasteiger partial charge in [-0.2, -0.15) is 0 Å². The maximum absolute atomic E-state index is 13.8. The van der Waals surface area contributed by atoms with E-state index in [-0.39, 0.29) is 47.9 Å². The van der Waals surface area contributed by atoms with Crippen LogP contribution in [0.4, 0.5) is 14.9 Å². The van der Waals surface area contributed by atoms with Crippen molar-refractivity contribution in [3.05, 3.63) is 63.3 Å². The minimum atomic E-state index is -0.605. The second-order valence-electron chi connectivity index (χ2n) is 12.7. The third-order valence-corrected chi connectivity index (χ3v) is 8.02. The summed E-state index contributed by atoms with van der Waals surface area (Å²) in [4.78, 5) is 45.4. The minimum Gasteiger partial charge on any atom is -0.444 e. The smallest absolute Gasteiger partial charge is 0.410 e. The van der Waals surface area contributed by atoms with Gasteiger partial charge in [-0.05, 0) is 51.5 Å². The molecule has 2 aliphatic heterocycles. The first-order valence-corrected chi connectivity index (χ1v) is 14.2. The number of aromatic nitrogens is 1. The highest BCUT2D eigenvalue weighted by molar-refractivity contribution is 6.18. The van der Waals surface area contributed by atoms with Crippen LogP contribution in [0.2, 0.25) is 0 Å². The summed E-state index contributed by atoms with van der Waals surface area (Å²) < 4.78 is 20.7. The van der Waals surface area contributed by atoms with E-state index < -0.39 is 11.0 Å². The molecule has 40 heavy (non-hydrogen) atoms. The van der Waals surface area contributed by atoms with Crippen molar-refractivity contribution >= 4 is 29.3 Å². The second kappa shape index (κ2) is 11.2. The summed E-state index contributed by atoms with van der Waals surface area (Å²) in [6.07, 6.45) is -0.0489. The second-order valence-corrected chi connectivity index (χ2v) is 13.0. The zero-order chi connectivity index (χ0) is 29.6. The molecule has 0 aliphatic carbocycles. The average Bonchev–Trinajstić information content (AvgIpc) is 3.13. The Hall–Kier alpha value is -2.91. The Morgan fingerprint density at radius 2 is 1.80 bits per heavy atom. The molecule has 0 unspecified atom stereocenters. The molecule has 2 aliphatic rings. The summed E-state index contributed by atoms with van der Waals surface area (Å²) in [7, 11) is 1.74. The number of carbonyl (C=O) groups is 2. The van der Waals surface area contributed by atoms with Gasteiger partial charge < -0.3 is 19.1 Å². The van der Waals surface area contributed by atoms with Gasteiger partial charge in [0, 0.05) is 62.0 Å². The molecule has 1 aromatic carbocycles. The predicted molar refractivity (Wildman–Crippen MR) is 155 cm³/mol. The molecule has 218 valence electrons. The fourth-order valence-electron chi connectivity index (χ4n) is 5.80. The standard InChI is InChI=1S/C30H40ClFN4O4/c1-19-15-34(23(14-31)16-35(19)28(39)40-29(2,3)4)17-25(37)36-18-30(5,6)26-24(36)13-21(27(38)33(26)7)12-20-8-10-22(32)11-9-20/h8-11,13,19,23H,12,14-18H2,1-7H3/t19-,23+/m1/s1. The first-order valence-electron chi connectivity index (χ1n) is 13.7. The molecule has 0 N–H and O–H groups in total. The summed E-state index contributed by atoms with van der Waals surface area (Å²) in [5.41, 5.74) is 1.73. The van der Waals surface area contributed by atoms with E-state index in [1.165, 1.54) is 12.1 Å². The number of carbonyl (C=O) groups excluding carboxylic acids is 2. The molecule has 2 aromatic rings. The van der Waals surface area contributed by atoms with Crippen molar-refractivity contribution in [2.75, 3.05) is 37.0 Å². The summed E-state index contributed by atoms with van der Waals surface area (Å²) >= 11 is 6.33.